The van der Waals surface area contributed by atoms with Crippen molar-refractivity contribution in [2.24, 2.45) is 0 Å². The molecule has 0 atom stereocenters. The van der Waals surface area contributed by atoms with E-state index in [1.165, 1.54) is 11.1 Å². The first-order chi connectivity index (χ1) is 7.33. The molecule has 0 N–H and O–H groups in total. The average molecular weight is 208 g/mol. The number of rotatable bonds is 3. The molecule has 1 nitrogen and oxygen atoms in total. The summed E-state index contributed by atoms with van der Waals surface area (Å²) in [6.07, 6.45) is 2.46. The van der Waals surface area contributed by atoms with Crippen molar-refractivity contribution >= 4 is 6.29 Å². The number of carbonyl (C=O) groups is 1. The standard InChI is InChI=1S/C10H12O.2C2H6/c1-9-4-2-5-10(8-9)6-3-7-11;2*1-2/h2,4-5,7-8H,3,6H2,1H3;2*1-2H3. The Bertz CT molecular complexity index is 241. The Morgan fingerprint density at radius 1 is 1.13 bits per heavy atom. The Morgan fingerprint density at radius 2 is 1.73 bits per heavy atom. The fraction of sp³-hybridized carbons (Fsp3) is 0.500. The Morgan fingerprint density at radius 3 is 2.20 bits per heavy atom. The van der Waals surface area contributed by atoms with Gasteiger partial charge in [-0.05, 0) is 18.9 Å². The van der Waals surface area contributed by atoms with E-state index in [-0.39, 0.29) is 0 Å². The van der Waals surface area contributed by atoms with Gasteiger partial charge in [0, 0.05) is 6.42 Å². The molecular weight excluding hydrogens is 184 g/mol. The quantitative estimate of drug-likeness (QED) is 0.681. The molecule has 0 aliphatic rings. The Kier molecular flexibility index (Phi) is 14.0. The molecule has 0 aliphatic carbocycles. The summed E-state index contributed by atoms with van der Waals surface area (Å²) >= 11 is 0. The topological polar surface area (TPSA) is 17.1 Å². The molecule has 86 valence electrons. The van der Waals surface area contributed by atoms with E-state index < -0.39 is 0 Å². The van der Waals surface area contributed by atoms with Crippen molar-refractivity contribution in [1.29, 1.82) is 0 Å². The maximum absolute atomic E-state index is 10.1. The Balaban J connectivity index is 0. The van der Waals surface area contributed by atoms with Gasteiger partial charge in [-0.25, -0.2) is 0 Å². The van der Waals surface area contributed by atoms with Gasteiger partial charge in [-0.1, -0.05) is 57.5 Å². The average Bonchev–Trinajstić information content (AvgIpc) is 2.32. The van der Waals surface area contributed by atoms with Crippen molar-refractivity contribution in [3.8, 4) is 0 Å². The zero-order valence-corrected chi connectivity index (χ0v) is 10.7. The van der Waals surface area contributed by atoms with E-state index >= 15 is 0 Å². The van der Waals surface area contributed by atoms with Crippen molar-refractivity contribution in [1.82, 2.24) is 0 Å². The normalized spacial score (nSPS) is 7.80. The van der Waals surface area contributed by atoms with Gasteiger partial charge in [-0.2, -0.15) is 0 Å². The summed E-state index contributed by atoms with van der Waals surface area (Å²) in [5.74, 6) is 0. The van der Waals surface area contributed by atoms with E-state index in [0.717, 1.165) is 12.7 Å². The molecule has 0 saturated carbocycles. The lowest BCUT2D eigenvalue weighted by Crippen LogP contribution is -1.85. The van der Waals surface area contributed by atoms with Crippen molar-refractivity contribution < 1.29 is 4.79 Å². The molecule has 1 rings (SSSR count). The summed E-state index contributed by atoms with van der Waals surface area (Å²) in [5, 5.41) is 0. The molecule has 1 heteroatoms. The molecule has 15 heavy (non-hydrogen) atoms. The third kappa shape index (κ3) is 9.20. The minimum atomic E-state index is 0.628. The molecule has 0 aromatic heterocycles. The highest BCUT2D eigenvalue weighted by atomic mass is 16.1. The molecule has 0 bridgehead atoms. The lowest BCUT2D eigenvalue weighted by molar-refractivity contribution is -0.107. The van der Waals surface area contributed by atoms with Crippen LogP contribution < -0.4 is 0 Å². The van der Waals surface area contributed by atoms with Gasteiger partial charge in [0.25, 0.3) is 0 Å². The van der Waals surface area contributed by atoms with Crippen LogP contribution in [0.5, 0.6) is 0 Å². The lowest BCUT2D eigenvalue weighted by atomic mass is 10.1. The van der Waals surface area contributed by atoms with Crippen LogP contribution in [0.2, 0.25) is 0 Å². The number of hydrogen-bond donors (Lipinski definition) is 0. The summed E-state index contributed by atoms with van der Waals surface area (Å²) in [6, 6.07) is 8.25. The predicted molar refractivity (Wildman–Crippen MR) is 68.3 cm³/mol. The molecule has 0 radical (unpaired) electrons. The van der Waals surface area contributed by atoms with Gasteiger partial charge in [0.15, 0.2) is 0 Å². The maximum atomic E-state index is 10.1. The Hall–Kier alpha value is -1.11. The third-order valence-electron chi connectivity index (χ3n) is 1.63. The lowest BCUT2D eigenvalue weighted by Gasteiger charge is -1.97. The largest absolute Gasteiger partial charge is 0.303 e. The van der Waals surface area contributed by atoms with Crippen LogP contribution in [0.1, 0.15) is 45.2 Å². The Labute approximate surface area is 94.5 Å². The molecular formula is C14H24O. The summed E-state index contributed by atoms with van der Waals surface area (Å²) in [6.45, 7) is 10.1. The maximum Gasteiger partial charge on any atom is 0.120 e. The number of benzene rings is 1. The van der Waals surface area contributed by atoms with Gasteiger partial charge in [-0.15, -0.1) is 0 Å². The first kappa shape index (κ1) is 16.3. The molecule has 1 aromatic rings. The SMILES string of the molecule is CC.CC.Cc1cccc(CCC=O)c1. The highest BCUT2D eigenvalue weighted by molar-refractivity contribution is 5.50. The summed E-state index contributed by atoms with van der Waals surface area (Å²) in [4.78, 5) is 10.1. The van der Waals surface area contributed by atoms with Crippen LogP contribution in [0.4, 0.5) is 0 Å². The molecule has 0 saturated heterocycles. The van der Waals surface area contributed by atoms with Crippen LogP contribution in [0.3, 0.4) is 0 Å². The smallest absolute Gasteiger partial charge is 0.120 e. The monoisotopic (exact) mass is 208 g/mol. The molecule has 0 heterocycles. The number of carbonyl (C=O) groups excluding carboxylic acids is 1. The zero-order chi connectivity index (χ0) is 12.1. The predicted octanol–water partition coefficient (Wildman–Crippen LogP) is 4.18. The summed E-state index contributed by atoms with van der Waals surface area (Å²) in [7, 11) is 0. The van der Waals surface area contributed by atoms with Crippen molar-refractivity contribution in [2.45, 2.75) is 47.5 Å². The molecule has 1 aromatic carbocycles. The van der Waals surface area contributed by atoms with Crippen LogP contribution in [0.25, 0.3) is 0 Å². The fourth-order valence-electron chi connectivity index (χ4n) is 1.09. The highest BCUT2D eigenvalue weighted by Gasteiger charge is 1.91. The minimum Gasteiger partial charge on any atom is -0.303 e. The van der Waals surface area contributed by atoms with E-state index in [9.17, 15) is 4.79 Å². The second-order valence-corrected chi connectivity index (χ2v) is 2.69. The van der Waals surface area contributed by atoms with E-state index in [0.29, 0.717) is 6.42 Å². The molecule has 0 unspecified atom stereocenters. The van der Waals surface area contributed by atoms with E-state index in [1.54, 1.807) is 0 Å². The second kappa shape index (κ2) is 12.9. The second-order valence-electron chi connectivity index (χ2n) is 2.69. The molecule has 0 spiro atoms. The van der Waals surface area contributed by atoms with Gasteiger partial charge in [0.05, 0.1) is 0 Å². The van der Waals surface area contributed by atoms with Crippen LogP contribution in [0, 0.1) is 6.92 Å². The first-order valence-corrected chi connectivity index (χ1v) is 5.82. The number of hydrogen-bond acceptors (Lipinski definition) is 1. The summed E-state index contributed by atoms with van der Waals surface area (Å²) < 4.78 is 0. The van der Waals surface area contributed by atoms with Gasteiger partial charge in [0.1, 0.15) is 6.29 Å². The van der Waals surface area contributed by atoms with Crippen LogP contribution in [0.15, 0.2) is 24.3 Å². The fourth-order valence-corrected chi connectivity index (χ4v) is 1.09. The van der Waals surface area contributed by atoms with E-state index in [1.807, 2.05) is 33.8 Å². The number of aryl methyl sites for hydroxylation is 2. The molecule has 0 amide bonds. The van der Waals surface area contributed by atoms with Crippen molar-refractivity contribution in [2.75, 3.05) is 0 Å². The molecule has 0 fully saturated rings. The van der Waals surface area contributed by atoms with Crippen LogP contribution in [-0.2, 0) is 11.2 Å². The van der Waals surface area contributed by atoms with Gasteiger partial charge < -0.3 is 4.79 Å². The van der Waals surface area contributed by atoms with Gasteiger partial charge in [0.2, 0.25) is 0 Å². The van der Waals surface area contributed by atoms with E-state index in [2.05, 4.69) is 25.1 Å². The van der Waals surface area contributed by atoms with E-state index in [4.69, 9.17) is 0 Å². The van der Waals surface area contributed by atoms with Crippen LogP contribution in [-0.4, -0.2) is 6.29 Å². The number of aldehydes is 1. The minimum absolute atomic E-state index is 0.628. The third-order valence-corrected chi connectivity index (χ3v) is 1.63. The highest BCUT2D eigenvalue weighted by Crippen LogP contribution is 2.05. The van der Waals surface area contributed by atoms with Crippen LogP contribution >= 0.6 is 0 Å². The zero-order valence-electron chi connectivity index (χ0n) is 10.7. The van der Waals surface area contributed by atoms with Gasteiger partial charge >= 0.3 is 0 Å². The molecule has 0 aliphatic heterocycles. The first-order valence-electron chi connectivity index (χ1n) is 5.82. The van der Waals surface area contributed by atoms with Gasteiger partial charge in [-0.3, -0.25) is 0 Å². The van der Waals surface area contributed by atoms with Crippen molar-refractivity contribution in [3.63, 3.8) is 0 Å². The summed E-state index contributed by atoms with van der Waals surface area (Å²) in [5.41, 5.74) is 2.51. The van der Waals surface area contributed by atoms with Crippen molar-refractivity contribution in [3.05, 3.63) is 35.4 Å².